The second-order valence-corrected chi connectivity index (χ2v) is 9.18. The monoisotopic (exact) mass is 515 g/mol. The first-order valence-electron chi connectivity index (χ1n) is 12.8. The summed E-state index contributed by atoms with van der Waals surface area (Å²) in [5.41, 5.74) is 2.74. The highest BCUT2D eigenvalue weighted by molar-refractivity contribution is 6.07. The summed E-state index contributed by atoms with van der Waals surface area (Å²) >= 11 is 0. The highest BCUT2D eigenvalue weighted by Crippen LogP contribution is 2.30. The minimum Gasteiger partial charge on any atom is -0.491 e. The molecule has 1 saturated heterocycles. The predicted molar refractivity (Wildman–Crippen MR) is 147 cm³/mol. The normalized spacial score (nSPS) is 14.0. The van der Waals surface area contributed by atoms with Gasteiger partial charge in [0.25, 0.3) is 11.8 Å². The van der Waals surface area contributed by atoms with Crippen molar-refractivity contribution in [1.29, 1.82) is 0 Å². The maximum absolute atomic E-state index is 13.1. The Hall–Kier alpha value is -4.33. The van der Waals surface area contributed by atoms with Gasteiger partial charge in [-0.2, -0.15) is 0 Å². The average molecular weight is 516 g/mol. The van der Waals surface area contributed by atoms with Crippen LogP contribution in [0.15, 0.2) is 72.8 Å². The molecule has 1 heterocycles. The van der Waals surface area contributed by atoms with Crippen molar-refractivity contribution in [2.24, 2.45) is 0 Å². The van der Waals surface area contributed by atoms with Crippen molar-refractivity contribution in [2.45, 2.75) is 26.4 Å². The fourth-order valence-corrected chi connectivity index (χ4v) is 4.27. The number of carbonyl (C=O) groups excluding carboxylic acids is 3. The minimum absolute atomic E-state index is 0.000530. The lowest BCUT2D eigenvalue weighted by Crippen LogP contribution is -2.49. The number of ether oxygens (including phenoxy) is 2. The van der Waals surface area contributed by atoms with Crippen LogP contribution < -0.4 is 15.0 Å². The molecule has 0 bridgehead atoms. The summed E-state index contributed by atoms with van der Waals surface area (Å²) in [6.45, 7) is 6.29. The SMILES string of the molecule is CC[C@H](C)Oc1ccc(C(=O)Nc2cc(C(=O)OC)ccc2N2CCN(C(=O)c3ccccc3)CC2)cc1. The molecule has 0 aromatic heterocycles. The predicted octanol–water partition coefficient (Wildman–Crippen LogP) is 4.87. The smallest absolute Gasteiger partial charge is 0.337 e. The lowest BCUT2D eigenvalue weighted by Gasteiger charge is -2.37. The van der Waals surface area contributed by atoms with Crippen LogP contribution >= 0.6 is 0 Å². The van der Waals surface area contributed by atoms with Crippen LogP contribution in [0.3, 0.4) is 0 Å². The van der Waals surface area contributed by atoms with Crippen molar-refractivity contribution in [2.75, 3.05) is 43.5 Å². The summed E-state index contributed by atoms with van der Waals surface area (Å²) in [4.78, 5) is 42.1. The van der Waals surface area contributed by atoms with Gasteiger partial charge in [0.15, 0.2) is 0 Å². The van der Waals surface area contributed by atoms with Crippen molar-refractivity contribution in [3.05, 3.63) is 89.5 Å². The van der Waals surface area contributed by atoms with E-state index in [9.17, 15) is 14.4 Å². The van der Waals surface area contributed by atoms with Gasteiger partial charge in [0.2, 0.25) is 0 Å². The van der Waals surface area contributed by atoms with Gasteiger partial charge in [0, 0.05) is 37.3 Å². The fourth-order valence-electron chi connectivity index (χ4n) is 4.27. The number of methoxy groups -OCH3 is 1. The Morgan fingerprint density at radius 2 is 1.53 bits per heavy atom. The Kier molecular flexibility index (Phi) is 8.63. The number of nitrogens with one attached hydrogen (secondary N) is 1. The molecule has 3 aromatic carbocycles. The first-order chi connectivity index (χ1) is 18.4. The van der Waals surface area contributed by atoms with Gasteiger partial charge in [0.05, 0.1) is 30.2 Å². The standard InChI is InChI=1S/C30H33N3O5/c1-4-21(2)38-25-13-10-22(11-14-25)28(34)31-26-20-24(30(36)37-3)12-15-27(26)32-16-18-33(19-17-32)29(35)23-8-6-5-7-9-23/h5-15,20-21H,4,16-19H2,1-3H3,(H,31,34)/t21-/m0/s1. The number of piperazine rings is 1. The van der Waals surface area contributed by atoms with Gasteiger partial charge in [-0.15, -0.1) is 0 Å². The summed E-state index contributed by atoms with van der Waals surface area (Å²) in [5.74, 6) is -0.0918. The van der Waals surface area contributed by atoms with E-state index in [1.807, 2.05) is 49.1 Å². The maximum Gasteiger partial charge on any atom is 0.337 e. The van der Waals surface area contributed by atoms with Crippen LogP contribution in [0.1, 0.15) is 51.3 Å². The van der Waals surface area contributed by atoms with Gasteiger partial charge in [0.1, 0.15) is 5.75 Å². The first kappa shape index (κ1) is 26.7. The summed E-state index contributed by atoms with van der Waals surface area (Å²) in [7, 11) is 1.32. The van der Waals surface area contributed by atoms with Gasteiger partial charge in [-0.1, -0.05) is 25.1 Å². The summed E-state index contributed by atoms with van der Waals surface area (Å²) in [5, 5.41) is 2.96. The highest BCUT2D eigenvalue weighted by Gasteiger charge is 2.25. The molecule has 8 nitrogen and oxygen atoms in total. The molecule has 8 heteroatoms. The third-order valence-corrected chi connectivity index (χ3v) is 6.62. The Balaban J connectivity index is 1.50. The molecule has 3 aromatic rings. The zero-order valence-corrected chi connectivity index (χ0v) is 22.0. The number of hydrogen-bond donors (Lipinski definition) is 1. The number of nitrogens with zero attached hydrogens (tertiary/aromatic N) is 2. The van der Waals surface area contributed by atoms with Crippen molar-refractivity contribution in [1.82, 2.24) is 4.90 Å². The van der Waals surface area contributed by atoms with E-state index in [2.05, 4.69) is 10.2 Å². The number of esters is 1. The Labute approximate surface area is 223 Å². The number of amides is 2. The lowest BCUT2D eigenvalue weighted by molar-refractivity contribution is 0.0600. The van der Waals surface area contributed by atoms with Gasteiger partial charge in [-0.3, -0.25) is 9.59 Å². The molecule has 0 unspecified atom stereocenters. The van der Waals surface area contributed by atoms with E-state index in [0.717, 1.165) is 12.1 Å². The molecule has 1 fully saturated rings. The van der Waals surface area contributed by atoms with E-state index in [1.54, 1.807) is 42.5 Å². The molecule has 198 valence electrons. The maximum atomic E-state index is 13.1. The molecular formula is C30H33N3O5. The van der Waals surface area contributed by atoms with Gasteiger partial charge in [-0.25, -0.2) is 4.79 Å². The first-order valence-corrected chi connectivity index (χ1v) is 12.8. The van der Waals surface area contributed by atoms with E-state index >= 15 is 0 Å². The molecule has 0 radical (unpaired) electrons. The second kappa shape index (κ2) is 12.3. The summed E-state index contributed by atoms with van der Waals surface area (Å²) in [6.07, 6.45) is 0.970. The number of rotatable bonds is 8. The van der Waals surface area contributed by atoms with Gasteiger partial charge in [-0.05, 0) is 67.9 Å². The van der Waals surface area contributed by atoms with Crippen LogP contribution in [0.4, 0.5) is 11.4 Å². The summed E-state index contributed by atoms with van der Waals surface area (Å²) < 4.78 is 10.7. The van der Waals surface area contributed by atoms with E-state index in [0.29, 0.717) is 54.3 Å². The van der Waals surface area contributed by atoms with Crippen LogP contribution in [0, 0.1) is 0 Å². The third kappa shape index (κ3) is 6.32. The molecule has 38 heavy (non-hydrogen) atoms. The second-order valence-electron chi connectivity index (χ2n) is 9.18. The largest absolute Gasteiger partial charge is 0.491 e. The zero-order chi connectivity index (χ0) is 27.1. The van der Waals surface area contributed by atoms with Gasteiger partial charge >= 0.3 is 5.97 Å². The minimum atomic E-state index is -0.489. The molecule has 1 atom stereocenters. The van der Waals surface area contributed by atoms with Crippen molar-refractivity contribution in [3.63, 3.8) is 0 Å². The molecule has 1 N–H and O–H groups in total. The topological polar surface area (TPSA) is 88.2 Å². The molecule has 4 rings (SSSR count). The zero-order valence-electron chi connectivity index (χ0n) is 22.0. The van der Waals surface area contributed by atoms with Crippen LogP contribution in [0.25, 0.3) is 0 Å². The van der Waals surface area contributed by atoms with Crippen LogP contribution in [-0.2, 0) is 4.74 Å². The van der Waals surface area contributed by atoms with E-state index in [-0.39, 0.29) is 17.9 Å². The van der Waals surface area contributed by atoms with E-state index in [4.69, 9.17) is 9.47 Å². The summed E-state index contributed by atoms with van der Waals surface area (Å²) in [6, 6.07) is 21.3. The Morgan fingerprint density at radius 1 is 0.868 bits per heavy atom. The fraction of sp³-hybridized carbons (Fsp3) is 0.300. The molecule has 0 spiro atoms. The molecular weight excluding hydrogens is 482 g/mol. The van der Waals surface area contributed by atoms with E-state index < -0.39 is 5.97 Å². The number of anilines is 2. The quantitative estimate of drug-likeness (QED) is 0.431. The Morgan fingerprint density at radius 3 is 2.16 bits per heavy atom. The van der Waals surface area contributed by atoms with Crippen molar-refractivity contribution < 1.29 is 23.9 Å². The van der Waals surface area contributed by atoms with Crippen LogP contribution in [0.2, 0.25) is 0 Å². The molecule has 1 aliphatic heterocycles. The number of hydrogen-bond acceptors (Lipinski definition) is 6. The van der Waals surface area contributed by atoms with Crippen LogP contribution in [-0.4, -0.2) is 62.1 Å². The third-order valence-electron chi connectivity index (χ3n) is 6.62. The lowest BCUT2D eigenvalue weighted by atomic mass is 10.1. The average Bonchev–Trinajstić information content (AvgIpc) is 2.97. The van der Waals surface area contributed by atoms with Crippen molar-refractivity contribution >= 4 is 29.2 Å². The molecule has 0 aliphatic carbocycles. The number of carbonyl (C=O) groups is 3. The van der Waals surface area contributed by atoms with Gasteiger partial charge < -0.3 is 24.6 Å². The molecule has 0 saturated carbocycles. The van der Waals surface area contributed by atoms with Crippen LogP contribution in [0.5, 0.6) is 5.75 Å². The van der Waals surface area contributed by atoms with E-state index in [1.165, 1.54) is 7.11 Å². The molecule has 2 amide bonds. The van der Waals surface area contributed by atoms with Crippen molar-refractivity contribution in [3.8, 4) is 5.75 Å². The highest BCUT2D eigenvalue weighted by atomic mass is 16.5. The molecule has 1 aliphatic rings. The Bertz CT molecular complexity index is 1270. The number of benzene rings is 3.